The molecule has 1 fully saturated rings. The molecule has 1 saturated carbocycles. The van der Waals surface area contributed by atoms with Crippen LogP contribution in [0.1, 0.15) is 35.6 Å². The minimum absolute atomic E-state index is 0.0960. The first-order valence-corrected chi connectivity index (χ1v) is 11.7. The molecule has 7 heteroatoms. The number of sulfonamides is 1. The number of hydrogen-bond acceptors (Lipinski definition) is 4. The SMILES string of the molecule is CN1Cc2cc(F)c(OCCNS(=O)(=O)CC3CC3)cc2C1Cc1ccccc1. The maximum Gasteiger partial charge on any atom is 0.211 e. The molecule has 29 heavy (non-hydrogen) atoms. The summed E-state index contributed by atoms with van der Waals surface area (Å²) in [5.41, 5.74) is 3.28. The molecule has 0 aromatic heterocycles. The zero-order chi connectivity index (χ0) is 20.4. The van der Waals surface area contributed by atoms with Gasteiger partial charge in [0.15, 0.2) is 11.6 Å². The van der Waals surface area contributed by atoms with Crippen molar-refractivity contribution in [1.82, 2.24) is 9.62 Å². The van der Waals surface area contributed by atoms with Crippen molar-refractivity contribution < 1.29 is 17.5 Å². The van der Waals surface area contributed by atoms with Gasteiger partial charge < -0.3 is 4.74 Å². The van der Waals surface area contributed by atoms with Crippen LogP contribution < -0.4 is 9.46 Å². The van der Waals surface area contributed by atoms with Crippen LogP contribution in [0.2, 0.25) is 0 Å². The second-order valence-electron chi connectivity index (χ2n) is 8.07. The van der Waals surface area contributed by atoms with E-state index in [0.717, 1.165) is 30.4 Å². The number of fused-ring (bicyclic) bond motifs is 1. The minimum atomic E-state index is -3.27. The molecule has 0 bridgehead atoms. The molecular weight excluding hydrogens is 391 g/mol. The van der Waals surface area contributed by atoms with E-state index in [2.05, 4.69) is 21.8 Å². The van der Waals surface area contributed by atoms with E-state index in [4.69, 9.17) is 4.74 Å². The highest BCUT2D eigenvalue weighted by molar-refractivity contribution is 7.89. The van der Waals surface area contributed by atoms with E-state index in [1.165, 1.54) is 5.56 Å². The van der Waals surface area contributed by atoms with E-state index in [1.54, 1.807) is 12.1 Å². The zero-order valence-corrected chi connectivity index (χ0v) is 17.4. The maximum atomic E-state index is 14.5. The number of hydrogen-bond donors (Lipinski definition) is 1. The van der Waals surface area contributed by atoms with Gasteiger partial charge in [-0.25, -0.2) is 17.5 Å². The summed E-state index contributed by atoms with van der Waals surface area (Å²) in [5.74, 6) is 0.242. The summed E-state index contributed by atoms with van der Waals surface area (Å²) in [4.78, 5) is 2.22. The lowest BCUT2D eigenvalue weighted by Crippen LogP contribution is -2.31. The molecule has 0 spiro atoms. The van der Waals surface area contributed by atoms with Crippen LogP contribution in [0, 0.1) is 11.7 Å². The van der Waals surface area contributed by atoms with Gasteiger partial charge in [-0.3, -0.25) is 4.90 Å². The first kappa shape index (κ1) is 20.3. The third-order valence-corrected chi connectivity index (χ3v) is 7.16. The number of nitrogens with one attached hydrogen (secondary N) is 1. The van der Waals surface area contributed by atoms with E-state index in [1.807, 2.05) is 25.2 Å². The van der Waals surface area contributed by atoms with Crippen LogP contribution in [0.15, 0.2) is 42.5 Å². The number of benzene rings is 2. The number of halogens is 1. The normalized spacial score (nSPS) is 19.3. The molecule has 2 aliphatic rings. The van der Waals surface area contributed by atoms with Crippen LogP contribution >= 0.6 is 0 Å². The molecule has 1 unspecified atom stereocenters. The Balaban J connectivity index is 1.40. The monoisotopic (exact) mass is 418 g/mol. The van der Waals surface area contributed by atoms with Gasteiger partial charge in [-0.05, 0) is 61.1 Å². The van der Waals surface area contributed by atoms with E-state index >= 15 is 0 Å². The fraction of sp³-hybridized carbons (Fsp3) is 0.455. The minimum Gasteiger partial charge on any atom is -0.489 e. The molecule has 1 heterocycles. The second kappa shape index (κ2) is 8.42. The largest absolute Gasteiger partial charge is 0.489 e. The average Bonchev–Trinajstić information content (AvgIpc) is 3.43. The summed E-state index contributed by atoms with van der Waals surface area (Å²) in [6.07, 6.45) is 2.81. The zero-order valence-electron chi connectivity index (χ0n) is 16.6. The number of ether oxygens (including phenoxy) is 1. The van der Waals surface area contributed by atoms with Gasteiger partial charge in [0.05, 0.1) is 5.75 Å². The molecule has 2 aromatic carbocycles. The fourth-order valence-corrected chi connectivity index (χ4v) is 5.37. The summed E-state index contributed by atoms with van der Waals surface area (Å²) >= 11 is 0. The number of rotatable bonds is 9. The molecule has 1 aliphatic heterocycles. The van der Waals surface area contributed by atoms with E-state index < -0.39 is 15.8 Å². The van der Waals surface area contributed by atoms with Crippen molar-refractivity contribution in [2.24, 2.45) is 5.92 Å². The van der Waals surface area contributed by atoms with Gasteiger partial charge in [0.25, 0.3) is 0 Å². The quantitative estimate of drug-likeness (QED) is 0.635. The number of likely N-dealkylation sites (N-methyl/N-ethyl adjacent to an activating group) is 1. The van der Waals surface area contributed by atoms with Crippen LogP contribution in [-0.2, 0) is 23.0 Å². The molecule has 1 aliphatic carbocycles. The Morgan fingerprint density at radius 2 is 1.97 bits per heavy atom. The molecule has 0 radical (unpaired) electrons. The van der Waals surface area contributed by atoms with Crippen molar-refractivity contribution in [2.75, 3.05) is 26.0 Å². The lowest BCUT2D eigenvalue weighted by molar-refractivity contribution is 0.266. The molecule has 0 amide bonds. The molecule has 4 rings (SSSR count). The van der Waals surface area contributed by atoms with Gasteiger partial charge in [0, 0.05) is 19.1 Å². The van der Waals surface area contributed by atoms with Gasteiger partial charge in [-0.15, -0.1) is 0 Å². The van der Waals surface area contributed by atoms with Gasteiger partial charge in [0.1, 0.15) is 6.61 Å². The van der Waals surface area contributed by atoms with E-state index in [-0.39, 0.29) is 30.7 Å². The van der Waals surface area contributed by atoms with Crippen molar-refractivity contribution in [2.45, 2.75) is 31.8 Å². The van der Waals surface area contributed by atoms with Crippen LogP contribution in [0.25, 0.3) is 0 Å². The molecule has 1 atom stereocenters. The lowest BCUT2D eigenvalue weighted by Gasteiger charge is -2.21. The Kier molecular flexibility index (Phi) is 5.90. The van der Waals surface area contributed by atoms with Crippen molar-refractivity contribution in [1.29, 1.82) is 0 Å². The third-order valence-electron chi connectivity index (χ3n) is 5.61. The van der Waals surface area contributed by atoms with Gasteiger partial charge in [-0.1, -0.05) is 30.3 Å². The summed E-state index contributed by atoms with van der Waals surface area (Å²) in [7, 11) is -1.23. The highest BCUT2D eigenvalue weighted by Gasteiger charge is 2.30. The summed E-state index contributed by atoms with van der Waals surface area (Å²) in [6.45, 7) is 0.933. The van der Waals surface area contributed by atoms with Crippen molar-refractivity contribution in [3.05, 3.63) is 65.0 Å². The predicted octanol–water partition coefficient (Wildman–Crippen LogP) is 3.26. The molecule has 0 saturated heterocycles. The number of nitrogens with zero attached hydrogens (tertiary/aromatic N) is 1. The van der Waals surface area contributed by atoms with Crippen molar-refractivity contribution >= 4 is 10.0 Å². The highest BCUT2D eigenvalue weighted by atomic mass is 32.2. The summed E-state index contributed by atoms with van der Waals surface area (Å²) < 4.78 is 46.5. The van der Waals surface area contributed by atoms with Crippen molar-refractivity contribution in [3.63, 3.8) is 0 Å². The molecule has 156 valence electrons. The summed E-state index contributed by atoms with van der Waals surface area (Å²) in [5, 5.41) is 0. The van der Waals surface area contributed by atoms with Crippen molar-refractivity contribution in [3.8, 4) is 5.75 Å². The molecular formula is C22H27FN2O3S. The van der Waals surface area contributed by atoms with Gasteiger partial charge >= 0.3 is 0 Å². The summed E-state index contributed by atoms with van der Waals surface area (Å²) in [6, 6.07) is 13.7. The Morgan fingerprint density at radius 1 is 1.21 bits per heavy atom. The molecule has 2 aromatic rings. The van der Waals surface area contributed by atoms with Crippen LogP contribution in [0.4, 0.5) is 4.39 Å². The molecule has 5 nitrogen and oxygen atoms in total. The lowest BCUT2D eigenvalue weighted by atomic mass is 9.98. The standard InChI is InChI=1S/C22H27FN2O3S/c1-25-14-18-12-20(23)22(28-10-9-24-29(26,27)15-17-7-8-17)13-19(18)21(25)11-16-5-3-2-4-6-16/h2-6,12-13,17,21,24H,7-11,14-15H2,1H3. The first-order valence-electron chi connectivity index (χ1n) is 10.1. The van der Waals surface area contributed by atoms with Gasteiger partial charge in [0.2, 0.25) is 10.0 Å². The third kappa shape index (κ3) is 5.15. The Bertz CT molecular complexity index is 962. The van der Waals surface area contributed by atoms with Crippen LogP contribution in [0.3, 0.4) is 0 Å². The maximum absolute atomic E-state index is 14.5. The second-order valence-corrected chi connectivity index (χ2v) is 9.92. The van der Waals surface area contributed by atoms with Gasteiger partial charge in [-0.2, -0.15) is 0 Å². The van der Waals surface area contributed by atoms with E-state index in [9.17, 15) is 12.8 Å². The topological polar surface area (TPSA) is 58.6 Å². The predicted molar refractivity (Wildman–Crippen MR) is 111 cm³/mol. The fourth-order valence-electron chi connectivity index (χ4n) is 3.90. The van der Waals surface area contributed by atoms with Crippen LogP contribution in [0.5, 0.6) is 5.75 Å². The smallest absolute Gasteiger partial charge is 0.211 e. The highest BCUT2D eigenvalue weighted by Crippen LogP contribution is 2.38. The average molecular weight is 419 g/mol. The van der Waals surface area contributed by atoms with E-state index in [0.29, 0.717) is 12.5 Å². The van der Waals surface area contributed by atoms with Crippen LogP contribution in [-0.4, -0.2) is 39.3 Å². The Labute approximate surface area is 171 Å². The molecule has 1 N–H and O–H groups in total. The first-order chi connectivity index (χ1) is 13.9. The Morgan fingerprint density at radius 3 is 2.69 bits per heavy atom. The Hall–Kier alpha value is -1.96.